The van der Waals surface area contributed by atoms with E-state index in [9.17, 15) is 9.59 Å². The fourth-order valence-electron chi connectivity index (χ4n) is 2.58. The van der Waals surface area contributed by atoms with Crippen LogP contribution in [0, 0.1) is 20.8 Å². The second-order valence-electron chi connectivity index (χ2n) is 5.82. The van der Waals surface area contributed by atoms with Crippen molar-refractivity contribution in [3.8, 4) is 0 Å². The van der Waals surface area contributed by atoms with Crippen molar-refractivity contribution in [3.63, 3.8) is 0 Å². The molecule has 124 valence electrons. The predicted molar refractivity (Wildman–Crippen MR) is 92.2 cm³/mol. The number of rotatable bonds is 4. The highest BCUT2D eigenvalue weighted by Crippen LogP contribution is 2.19. The van der Waals surface area contributed by atoms with Gasteiger partial charge in [-0.25, -0.2) is 4.98 Å². The number of para-hydroxylation sites is 1. The summed E-state index contributed by atoms with van der Waals surface area (Å²) in [5.41, 5.74) is 2.73. The van der Waals surface area contributed by atoms with Gasteiger partial charge < -0.3 is 9.73 Å². The van der Waals surface area contributed by atoms with Crippen molar-refractivity contribution >= 4 is 22.7 Å². The number of fused-ring (bicyclic) bond motifs is 1. The third kappa shape index (κ3) is 2.95. The molecule has 0 saturated heterocycles. The second-order valence-corrected chi connectivity index (χ2v) is 5.82. The Hall–Kier alpha value is -2.89. The van der Waals surface area contributed by atoms with E-state index in [0.29, 0.717) is 16.9 Å². The van der Waals surface area contributed by atoms with Crippen LogP contribution in [0.2, 0.25) is 0 Å². The molecule has 0 bridgehead atoms. The molecule has 3 rings (SSSR count). The molecule has 6 heteroatoms. The van der Waals surface area contributed by atoms with E-state index in [1.165, 1.54) is 10.9 Å². The summed E-state index contributed by atoms with van der Waals surface area (Å²) in [5, 5.41) is 3.34. The number of hydrogen-bond donors (Lipinski definition) is 1. The standard InChI is InChI=1S/C18H19N3O3/c1-11-6-4-5-7-14(11)20-15(22)8-9-21-10-19-17-16(18(21)23)12(2)13(3)24-17/h4-7,10H,8-9H2,1-3H3,(H,20,22). The van der Waals surface area contributed by atoms with Crippen molar-refractivity contribution in [3.05, 3.63) is 57.8 Å². The van der Waals surface area contributed by atoms with Gasteiger partial charge in [0.15, 0.2) is 0 Å². The molecule has 0 atom stereocenters. The van der Waals surface area contributed by atoms with E-state index in [1.54, 1.807) is 6.92 Å². The molecule has 0 aliphatic rings. The predicted octanol–water partition coefficient (Wildman–Crippen LogP) is 2.94. The Labute approximate surface area is 139 Å². The maximum absolute atomic E-state index is 12.5. The summed E-state index contributed by atoms with van der Waals surface area (Å²) in [6.45, 7) is 5.83. The largest absolute Gasteiger partial charge is 0.443 e. The van der Waals surface area contributed by atoms with Crippen LogP contribution in [-0.4, -0.2) is 15.5 Å². The van der Waals surface area contributed by atoms with E-state index in [2.05, 4.69) is 10.3 Å². The third-order valence-corrected chi connectivity index (χ3v) is 4.15. The summed E-state index contributed by atoms with van der Waals surface area (Å²) >= 11 is 0. The zero-order valence-corrected chi connectivity index (χ0v) is 13.9. The van der Waals surface area contributed by atoms with E-state index in [0.717, 1.165) is 16.8 Å². The maximum atomic E-state index is 12.5. The number of aromatic nitrogens is 2. The maximum Gasteiger partial charge on any atom is 0.264 e. The lowest BCUT2D eigenvalue weighted by molar-refractivity contribution is -0.116. The quantitative estimate of drug-likeness (QED) is 0.800. The number of furan rings is 1. The Morgan fingerprint density at radius 3 is 2.75 bits per heavy atom. The first-order valence-corrected chi connectivity index (χ1v) is 7.78. The summed E-state index contributed by atoms with van der Waals surface area (Å²) in [7, 11) is 0. The van der Waals surface area contributed by atoms with E-state index in [4.69, 9.17) is 4.42 Å². The molecule has 0 aliphatic carbocycles. The van der Waals surface area contributed by atoms with E-state index < -0.39 is 0 Å². The summed E-state index contributed by atoms with van der Waals surface area (Å²) in [6, 6.07) is 7.57. The van der Waals surface area contributed by atoms with Gasteiger partial charge in [-0.3, -0.25) is 14.2 Å². The lowest BCUT2D eigenvalue weighted by atomic mass is 10.2. The lowest BCUT2D eigenvalue weighted by Crippen LogP contribution is -2.23. The zero-order chi connectivity index (χ0) is 17.3. The first kappa shape index (κ1) is 16.0. The summed E-state index contributed by atoms with van der Waals surface area (Å²) < 4.78 is 6.89. The van der Waals surface area contributed by atoms with Crippen LogP contribution in [0.1, 0.15) is 23.3 Å². The first-order valence-electron chi connectivity index (χ1n) is 7.78. The van der Waals surface area contributed by atoms with Crippen LogP contribution in [0.5, 0.6) is 0 Å². The van der Waals surface area contributed by atoms with Gasteiger partial charge in [0, 0.05) is 24.2 Å². The number of aryl methyl sites for hydroxylation is 4. The molecule has 1 N–H and O–H groups in total. The molecular formula is C18H19N3O3. The van der Waals surface area contributed by atoms with Crippen LogP contribution in [0.25, 0.3) is 11.1 Å². The number of carbonyl (C=O) groups is 1. The Morgan fingerprint density at radius 1 is 1.25 bits per heavy atom. The number of amides is 1. The van der Waals surface area contributed by atoms with Crippen molar-refractivity contribution in [2.24, 2.45) is 0 Å². The van der Waals surface area contributed by atoms with Gasteiger partial charge in [-0.1, -0.05) is 18.2 Å². The Kier molecular flexibility index (Phi) is 4.20. The number of carbonyl (C=O) groups excluding carboxylic acids is 1. The zero-order valence-electron chi connectivity index (χ0n) is 13.9. The molecule has 2 heterocycles. The van der Waals surface area contributed by atoms with Crippen LogP contribution in [0.3, 0.4) is 0 Å². The molecule has 1 amide bonds. The topological polar surface area (TPSA) is 77.1 Å². The monoisotopic (exact) mass is 325 g/mol. The molecule has 24 heavy (non-hydrogen) atoms. The molecule has 0 saturated carbocycles. The van der Waals surface area contributed by atoms with Gasteiger partial charge >= 0.3 is 0 Å². The number of nitrogens with zero attached hydrogens (tertiary/aromatic N) is 2. The summed E-state index contributed by atoms with van der Waals surface area (Å²) in [6.07, 6.45) is 1.62. The average Bonchev–Trinajstić information content (AvgIpc) is 2.84. The Morgan fingerprint density at radius 2 is 2.00 bits per heavy atom. The number of hydrogen-bond acceptors (Lipinski definition) is 4. The highest BCUT2D eigenvalue weighted by molar-refractivity contribution is 5.91. The highest BCUT2D eigenvalue weighted by Gasteiger charge is 2.14. The normalized spacial score (nSPS) is 11.0. The molecule has 0 radical (unpaired) electrons. The van der Waals surface area contributed by atoms with Gasteiger partial charge in [0.2, 0.25) is 11.6 Å². The number of nitrogens with one attached hydrogen (secondary N) is 1. The average molecular weight is 325 g/mol. The van der Waals surface area contributed by atoms with Gasteiger partial charge in [0.1, 0.15) is 17.5 Å². The van der Waals surface area contributed by atoms with Crippen molar-refractivity contribution in [2.45, 2.75) is 33.7 Å². The van der Waals surface area contributed by atoms with Gasteiger partial charge in [-0.2, -0.15) is 0 Å². The van der Waals surface area contributed by atoms with Crippen LogP contribution in [0.15, 0.2) is 39.8 Å². The molecule has 0 aliphatic heterocycles. The molecule has 6 nitrogen and oxygen atoms in total. The van der Waals surface area contributed by atoms with Crippen molar-refractivity contribution < 1.29 is 9.21 Å². The SMILES string of the molecule is Cc1ccccc1NC(=O)CCn1cnc2oc(C)c(C)c2c1=O. The third-order valence-electron chi connectivity index (χ3n) is 4.15. The smallest absolute Gasteiger partial charge is 0.264 e. The number of anilines is 1. The van der Waals surface area contributed by atoms with Gasteiger partial charge in [0.25, 0.3) is 5.56 Å². The molecule has 2 aromatic heterocycles. The highest BCUT2D eigenvalue weighted by atomic mass is 16.3. The van der Waals surface area contributed by atoms with Crippen LogP contribution >= 0.6 is 0 Å². The Bertz CT molecular complexity index is 969. The van der Waals surface area contributed by atoms with Crippen LogP contribution in [-0.2, 0) is 11.3 Å². The second kappa shape index (κ2) is 6.31. The van der Waals surface area contributed by atoms with Crippen LogP contribution in [0.4, 0.5) is 5.69 Å². The Balaban J connectivity index is 1.75. The van der Waals surface area contributed by atoms with Gasteiger partial charge in [-0.05, 0) is 32.4 Å². The van der Waals surface area contributed by atoms with Gasteiger partial charge in [-0.15, -0.1) is 0 Å². The lowest BCUT2D eigenvalue weighted by Gasteiger charge is -2.09. The number of benzene rings is 1. The summed E-state index contributed by atoms with van der Waals surface area (Å²) in [5.74, 6) is 0.543. The molecular weight excluding hydrogens is 306 g/mol. The van der Waals surface area contributed by atoms with Crippen molar-refractivity contribution in [1.29, 1.82) is 0 Å². The van der Waals surface area contributed by atoms with Crippen molar-refractivity contribution in [1.82, 2.24) is 9.55 Å². The molecule has 0 unspecified atom stereocenters. The van der Waals surface area contributed by atoms with E-state index >= 15 is 0 Å². The molecule has 3 aromatic rings. The van der Waals surface area contributed by atoms with Crippen LogP contribution < -0.4 is 10.9 Å². The van der Waals surface area contributed by atoms with E-state index in [-0.39, 0.29) is 24.4 Å². The minimum atomic E-state index is -0.182. The molecule has 0 fully saturated rings. The minimum Gasteiger partial charge on any atom is -0.443 e. The van der Waals surface area contributed by atoms with Crippen molar-refractivity contribution in [2.75, 3.05) is 5.32 Å². The first-order chi connectivity index (χ1) is 11.5. The fraction of sp³-hybridized carbons (Fsp3) is 0.278. The molecule has 0 spiro atoms. The minimum absolute atomic E-state index is 0.142. The fourth-order valence-corrected chi connectivity index (χ4v) is 2.58. The van der Waals surface area contributed by atoms with E-state index in [1.807, 2.05) is 38.1 Å². The summed E-state index contributed by atoms with van der Waals surface area (Å²) in [4.78, 5) is 28.8. The molecule has 1 aromatic carbocycles. The van der Waals surface area contributed by atoms with Gasteiger partial charge in [0.05, 0.1) is 0 Å².